The lowest BCUT2D eigenvalue weighted by Gasteiger charge is -2.45. The molecule has 0 radical (unpaired) electrons. The van der Waals surface area contributed by atoms with Gasteiger partial charge in [0.1, 0.15) is 11.6 Å². The Hall–Kier alpha value is -2.08. The molecule has 6 nitrogen and oxygen atoms in total. The third kappa shape index (κ3) is 5.50. The summed E-state index contributed by atoms with van der Waals surface area (Å²) in [4.78, 5) is 29.2. The average Bonchev–Trinajstić information content (AvgIpc) is 2.72. The number of carbonyl (C=O) groups excluding carboxylic acids is 2. The van der Waals surface area contributed by atoms with Gasteiger partial charge in [0.15, 0.2) is 0 Å². The molecule has 1 amide bonds. The zero-order valence-corrected chi connectivity index (χ0v) is 18.1. The van der Waals surface area contributed by atoms with E-state index in [4.69, 9.17) is 9.47 Å². The minimum Gasteiger partial charge on any atom is -0.467 e. The maximum absolute atomic E-state index is 12.6. The number of carbonyl (C=O) groups is 2. The summed E-state index contributed by atoms with van der Waals surface area (Å²) in [5, 5.41) is 0. The Morgan fingerprint density at radius 2 is 1.79 bits per heavy atom. The van der Waals surface area contributed by atoms with Crippen molar-refractivity contribution in [1.82, 2.24) is 9.80 Å². The Balaban J connectivity index is 1.69. The van der Waals surface area contributed by atoms with Crippen LogP contribution in [0.2, 0.25) is 0 Å². The molecule has 29 heavy (non-hydrogen) atoms. The van der Waals surface area contributed by atoms with Crippen LogP contribution in [0.5, 0.6) is 0 Å². The molecule has 2 aliphatic rings. The van der Waals surface area contributed by atoms with Crippen molar-refractivity contribution in [2.45, 2.75) is 70.1 Å². The number of piperidine rings is 2. The Bertz CT molecular complexity index is 701. The van der Waals surface area contributed by atoms with Crippen LogP contribution in [-0.2, 0) is 14.3 Å². The fourth-order valence-corrected chi connectivity index (χ4v) is 4.51. The summed E-state index contributed by atoms with van der Waals surface area (Å²) in [6.07, 6.45) is 3.33. The molecule has 3 rings (SSSR count). The summed E-state index contributed by atoms with van der Waals surface area (Å²) in [7, 11) is 1.38. The van der Waals surface area contributed by atoms with Crippen molar-refractivity contribution >= 4 is 12.1 Å². The summed E-state index contributed by atoms with van der Waals surface area (Å²) >= 11 is 0. The van der Waals surface area contributed by atoms with Crippen LogP contribution in [0.15, 0.2) is 30.3 Å². The number of methoxy groups -OCH3 is 1. The lowest BCUT2D eigenvalue weighted by atomic mass is 9.87. The molecule has 1 unspecified atom stereocenters. The van der Waals surface area contributed by atoms with Gasteiger partial charge in [-0.05, 0) is 64.5 Å². The first-order chi connectivity index (χ1) is 13.8. The molecule has 0 N–H and O–H groups in total. The molecule has 160 valence electrons. The first-order valence-electron chi connectivity index (χ1n) is 10.6. The lowest BCUT2D eigenvalue weighted by Crippen LogP contribution is -2.57. The predicted octanol–water partition coefficient (Wildman–Crippen LogP) is 3.81. The molecular weight excluding hydrogens is 368 g/mol. The van der Waals surface area contributed by atoms with Crippen molar-refractivity contribution in [3.63, 3.8) is 0 Å². The van der Waals surface area contributed by atoms with Crippen LogP contribution in [0.4, 0.5) is 4.79 Å². The topological polar surface area (TPSA) is 59.1 Å². The van der Waals surface area contributed by atoms with E-state index in [0.29, 0.717) is 18.9 Å². The highest BCUT2D eigenvalue weighted by atomic mass is 16.6. The fourth-order valence-electron chi connectivity index (χ4n) is 4.51. The highest BCUT2D eigenvalue weighted by Gasteiger charge is 2.41. The molecule has 2 heterocycles. The molecule has 0 aromatic heterocycles. The summed E-state index contributed by atoms with van der Waals surface area (Å²) in [6, 6.07) is 10.3. The van der Waals surface area contributed by atoms with Gasteiger partial charge in [0, 0.05) is 19.1 Å². The minimum atomic E-state index is -0.593. The Morgan fingerprint density at radius 3 is 2.45 bits per heavy atom. The molecule has 6 heteroatoms. The first kappa shape index (κ1) is 21.6. The van der Waals surface area contributed by atoms with Crippen molar-refractivity contribution in [2.75, 3.05) is 26.7 Å². The second-order valence-corrected chi connectivity index (χ2v) is 9.14. The lowest BCUT2D eigenvalue weighted by molar-refractivity contribution is -0.149. The zero-order valence-electron chi connectivity index (χ0n) is 18.1. The maximum atomic E-state index is 12.6. The Morgan fingerprint density at radius 1 is 1.07 bits per heavy atom. The van der Waals surface area contributed by atoms with E-state index in [2.05, 4.69) is 35.2 Å². The van der Waals surface area contributed by atoms with Gasteiger partial charge < -0.3 is 9.47 Å². The minimum absolute atomic E-state index is 0.268. The van der Waals surface area contributed by atoms with E-state index in [0.717, 1.165) is 25.9 Å². The van der Waals surface area contributed by atoms with E-state index in [-0.39, 0.29) is 12.0 Å². The fraction of sp³-hybridized carbons (Fsp3) is 0.652. The van der Waals surface area contributed by atoms with Crippen LogP contribution in [0.1, 0.15) is 57.9 Å². The van der Waals surface area contributed by atoms with Gasteiger partial charge in [-0.3, -0.25) is 9.80 Å². The SMILES string of the molecule is COC(=O)[C@@H]1CC(N2CCC[C@@H](c3ccccc3)C2)CCN1C(=O)OC(C)(C)C. The summed E-state index contributed by atoms with van der Waals surface area (Å²) in [5.41, 5.74) is 0.789. The largest absolute Gasteiger partial charge is 0.467 e. The number of hydrogen-bond donors (Lipinski definition) is 0. The van der Waals surface area contributed by atoms with E-state index in [1.807, 2.05) is 20.8 Å². The smallest absolute Gasteiger partial charge is 0.411 e. The van der Waals surface area contributed by atoms with Gasteiger partial charge in [-0.1, -0.05) is 30.3 Å². The summed E-state index contributed by atoms with van der Waals surface area (Å²) < 4.78 is 10.5. The molecule has 2 fully saturated rings. The second-order valence-electron chi connectivity index (χ2n) is 9.14. The van der Waals surface area contributed by atoms with Crippen LogP contribution in [0.3, 0.4) is 0 Å². The quantitative estimate of drug-likeness (QED) is 0.720. The van der Waals surface area contributed by atoms with Crippen molar-refractivity contribution in [1.29, 1.82) is 0 Å². The third-order valence-electron chi connectivity index (χ3n) is 5.92. The summed E-state index contributed by atoms with van der Waals surface area (Å²) in [5.74, 6) is 0.155. The van der Waals surface area contributed by atoms with Gasteiger partial charge in [0.25, 0.3) is 0 Å². The van der Waals surface area contributed by atoms with Gasteiger partial charge in [-0.15, -0.1) is 0 Å². The van der Waals surface area contributed by atoms with E-state index < -0.39 is 17.7 Å². The third-order valence-corrected chi connectivity index (χ3v) is 5.92. The molecule has 3 atom stereocenters. The standard InChI is InChI=1S/C23H34N2O4/c1-23(2,3)29-22(27)25-14-12-19(15-20(25)21(26)28-4)24-13-8-11-18(16-24)17-9-6-5-7-10-17/h5-7,9-10,18-20H,8,11-16H2,1-4H3/t18-,19?,20+/m1/s1. The molecular formula is C23H34N2O4. The van der Waals surface area contributed by atoms with Crippen LogP contribution < -0.4 is 0 Å². The number of likely N-dealkylation sites (tertiary alicyclic amines) is 2. The molecule has 0 spiro atoms. The van der Waals surface area contributed by atoms with Crippen molar-refractivity contribution in [3.05, 3.63) is 35.9 Å². The van der Waals surface area contributed by atoms with Crippen LogP contribution in [0, 0.1) is 0 Å². The monoisotopic (exact) mass is 402 g/mol. The zero-order chi connectivity index (χ0) is 21.0. The normalized spacial score (nSPS) is 26.1. The number of hydrogen-bond acceptors (Lipinski definition) is 5. The molecule has 2 aliphatic heterocycles. The van der Waals surface area contributed by atoms with Gasteiger partial charge >= 0.3 is 12.1 Å². The highest BCUT2D eigenvalue weighted by Crippen LogP contribution is 2.32. The number of amides is 1. The number of esters is 1. The van der Waals surface area contributed by atoms with Crippen molar-refractivity contribution < 1.29 is 19.1 Å². The average molecular weight is 403 g/mol. The van der Waals surface area contributed by atoms with E-state index in [1.165, 1.54) is 19.1 Å². The Kier molecular flexibility index (Phi) is 6.83. The first-order valence-corrected chi connectivity index (χ1v) is 10.6. The predicted molar refractivity (Wildman–Crippen MR) is 112 cm³/mol. The van der Waals surface area contributed by atoms with E-state index in [1.54, 1.807) is 4.90 Å². The van der Waals surface area contributed by atoms with Gasteiger partial charge in [0.05, 0.1) is 7.11 Å². The molecule has 2 saturated heterocycles. The second kappa shape index (κ2) is 9.16. The van der Waals surface area contributed by atoms with E-state index >= 15 is 0 Å². The number of ether oxygens (including phenoxy) is 2. The van der Waals surface area contributed by atoms with Gasteiger partial charge in [-0.25, -0.2) is 9.59 Å². The molecule has 0 saturated carbocycles. The van der Waals surface area contributed by atoms with Crippen LogP contribution >= 0.6 is 0 Å². The van der Waals surface area contributed by atoms with E-state index in [9.17, 15) is 9.59 Å². The molecule has 1 aromatic carbocycles. The highest BCUT2D eigenvalue weighted by molar-refractivity contribution is 5.81. The van der Waals surface area contributed by atoms with Crippen molar-refractivity contribution in [3.8, 4) is 0 Å². The Labute approximate surface area is 174 Å². The molecule has 0 bridgehead atoms. The maximum Gasteiger partial charge on any atom is 0.411 e. The number of rotatable bonds is 3. The van der Waals surface area contributed by atoms with Crippen LogP contribution in [-0.4, -0.2) is 66.3 Å². The summed E-state index contributed by atoms with van der Waals surface area (Å²) in [6.45, 7) is 8.04. The van der Waals surface area contributed by atoms with Gasteiger partial charge in [-0.2, -0.15) is 0 Å². The van der Waals surface area contributed by atoms with Crippen LogP contribution in [0.25, 0.3) is 0 Å². The van der Waals surface area contributed by atoms with Gasteiger partial charge in [0.2, 0.25) is 0 Å². The molecule has 1 aromatic rings. The molecule has 0 aliphatic carbocycles. The number of nitrogens with zero attached hydrogens (tertiary/aromatic N) is 2. The number of benzene rings is 1. The van der Waals surface area contributed by atoms with Crippen molar-refractivity contribution in [2.24, 2.45) is 0 Å².